The molecule has 0 bridgehead atoms. The minimum atomic E-state index is -0.689. The van der Waals surface area contributed by atoms with Gasteiger partial charge in [0.25, 0.3) is 0 Å². The van der Waals surface area contributed by atoms with Crippen molar-refractivity contribution in [2.45, 2.75) is 46.3 Å². The molecule has 0 aliphatic rings. The van der Waals surface area contributed by atoms with Gasteiger partial charge in [-0.25, -0.2) is 4.79 Å². The van der Waals surface area contributed by atoms with Crippen molar-refractivity contribution in [2.75, 3.05) is 13.7 Å². The molecule has 5 nitrogen and oxygen atoms in total. The van der Waals surface area contributed by atoms with Crippen molar-refractivity contribution < 1.29 is 19.1 Å². The summed E-state index contributed by atoms with van der Waals surface area (Å²) in [6, 6.07) is 4.77. The van der Waals surface area contributed by atoms with Crippen molar-refractivity contribution in [3.05, 3.63) is 29.3 Å². The minimum absolute atomic E-state index is 0.530. The molecule has 1 aromatic carbocycles. The lowest BCUT2D eigenvalue weighted by Crippen LogP contribution is -2.37. The molecule has 0 heterocycles. The van der Waals surface area contributed by atoms with Crippen LogP contribution in [0, 0.1) is 6.92 Å². The first-order chi connectivity index (χ1) is 10.2. The molecule has 0 saturated carbocycles. The van der Waals surface area contributed by atoms with Crippen LogP contribution in [0.1, 0.15) is 44.9 Å². The predicted octanol–water partition coefficient (Wildman–Crippen LogP) is 3.50. The lowest BCUT2D eigenvalue weighted by molar-refractivity contribution is -0.112. The molecule has 1 unspecified atom stereocenters. The summed E-state index contributed by atoms with van der Waals surface area (Å²) in [5.74, 6) is 0.744. The number of hydrogen-bond acceptors (Lipinski definition) is 4. The van der Waals surface area contributed by atoms with E-state index in [1.165, 1.54) is 4.90 Å². The van der Waals surface area contributed by atoms with Crippen LogP contribution >= 0.6 is 0 Å². The van der Waals surface area contributed by atoms with E-state index in [4.69, 9.17) is 9.47 Å². The minimum Gasteiger partial charge on any atom is -0.494 e. The lowest BCUT2D eigenvalue weighted by atomic mass is 10.0. The summed E-state index contributed by atoms with van der Waals surface area (Å²) in [4.78, 5) is 24.9. The number of carbonyl (C=O) groups is 2. The van der Waals surface area contributed by atoms with Gasteiger partial charge in [0.05, 0.1) is 6.61 Å². The maximum atomic E-state index is 12.1. The molecule has 1 atom stereocenters. The Kier molecular flexibility index (Phi) is 5.97. The van der Waals surface area contributed by atoms with Gasteiger partial charge in [0.15, 0.2) is 0 Å². The fraction of sp³-hybridized carbons (Fsp3) is 0.529. The Bertz CT molecular complexity index is 534. The zero-order valence-corrected chi connectivity index (χ0v) is 14.2. The average Bonchev–Trinajstić information content (AvgIpc) is 2.40. The van der Waals surface area contributed by atoms with Crippen LogP contribution in [0.4, 0.5) is 4.79 Å². The van der Waals surface area contributed by atoms with E-state index in [0.717, 1.165) is 23.2 Å². The van der Waals surface area contributed by atoms with Gasteiger partial charge in [-0.2, -0.15) is 0 Å². The lowest BCUT2D eigenvalue weighted by Gasteiger charge is -2.29. The van der Waals surface area contributed by atoms with Gasteiger partial charge >= 0.3 is 6.09 Å². The van der Waals surface area contributed by atoms with Crippen molar-refractivity contribution >= 4 is 12.4 Å². The van der Waals surface area contributed by atoms with E-state index in [1.807, 2.05) is 19.9 Å². The number of nitrogens with zero attached hydrogens (tertiary/aromatic N) is 1. The Morgan fingerprint density at radius 2 is 2.00 bits per heavy atom. The van der Waals surface area contributed by atoms with Crippen molar-refractivity contribution in [3.63, 3.8) is 0 Å². The largest absolute Gasteiger partial charge is 0.494 e. The second-order valence-electron chi connectivity index (χ2n) is 6.12. The molecule has 0 fully saturated rings. The van der Waals surface area contributed by atoms with Gasteiger partial charge in [-0.3, -0.25) is 4.90 Å². The highest BCUT2D eigenvalue weighted by Gasteiger charge is 2.27. The summed E-state index contributed by atoms with van der Waals surface area (Å²) in [7, 11) is 1.56. The van der Waals surface area contributed by atoms with Gasteiger partial charge < -0.3 is 14.3 Å². The Morgan fingerprint density at radius 3 is 2.45 bits per heavy atom. The smallest absolute Gasteiger partial charge is 0.410 e. The molecule has 0 aliphatic heterocycles. The fourth-order valence-corrected chi connectivity index (χ4v) is 2.06. The molecule has 1 aromatic rings. The highest BCUT2D eigenvalue weighted by Crippen LogP contribution is 2.26. The molecule has 0 radical (unpaired) electrons. The van der Waals surface area contributed by atoms with Gasteiger partial charge in [0.1, 0.15) is 23.7 Å². The van der Waals surface area contributed by atoms with E-state index in [-0.39, 0.29) is 0 Å². The van der Waals surface area contributed by atoms with Gasteiger partial charge in [-0.1, -0.05) is 6.07 Å². The number of aldehydes is 1. The van der Waals surface area contributed by atoms with E-state index in [9.17, 15) is 9.59 Å². The number of rotatable bonds is 5. The van der Waals surface area contributed by atoms with Crippen molar-refractivity contribution in [1.29, 1.82) is 0 Å². The van der Waals surface area contributed by atoms with Crippen molar-refractivity contribution in [2.24, 2.45) is 0 Å². The molecule has 1 rings (SSSR count). The molecule has 5 heteroatoms. The molecule has 122 valence electrons. The standard InChI is InChI=1S/C17H25NO4/c1-7-21-13-8-9-14(12(2)10-13)15(11-19)18(6)16(20)22-17(3,4)5/h8-11,15H,7H2,1-6H3. The fourth-order valence-electron chi connectivity index (χ4n) is 2.06. The maximum absolute atomic E-state index is 12.1. The quantitative estimate of drug-likeness (QED) is 0.781. The van der Waals surface area contributed by atoms with Gasteiger partial charge in [0, 0.05) is 7.05 Å². The van der Waals surface area contributed by atoms with Crippen LogP contribution in [-0.2, 0) is 9.53 Å². The first-order valence-electron chi connectivity index (χ1n) is 7.34. The van der Waals surface area contributed by atoms with Gasteiger partial charge in [0.2, 0.25) is 0 Å². The highest BCUT2D eigenvalue weighted by atomic mass is 16.6. The number of likely N-dealkylation sites (N-methyl/N-ethyl adjacent to an activating group) is 1. The number of carbonyl (C=O) groups excluding carboxylic acids is 2. The van der Waals surface area contributed by atoms with Crippen LogP contribution in [0.2, 0.25) is 0 Å². The third-order valence-electron chi connectivity index (χ3n) is 3.10. The molecular weight excluding hydrogens is 282 g/mol. The number of benzene rings is 1. The molecular formula is C17H25NO4. The number of aryl methyl sites for hydroxylation is 1. The van der Waals surface area contributed by atoms with Crippen LogP contribution in [0.25, 0.3) is 0 Å². The normalized spacial score (nSPS) is 12.5. The van der Waals surface area contributed by atoms with Crippen LogP contribution < -0.4 is 4.74 Å². The van der Waals surface area contributed by atoms with Crippen molar-refractivity contribution in [3.8, 4) is 5.75 Å². The SMILES string of the molecule is CCOc1ccc(C(C=O)N(C)C(=O)OC(C)(C)C)c(C)c1. The second-order valence-corrected chi connectivity index (χ2v) is 6.12. The Balaban J connectivity index is 3.00. The summed E-state index contributed by atoms with van der Waals surface area (Å²) >= 11 is 0. The number of ether oxygens (including phenoxy) is 2. The molecule has 0 aromatic heterocycles. The summed E-state index contributed by atoms with van der Waals surface area (Å²) in [5.41, 5.74) is 1.04. The Labute approximate surface area is 132 Å². The first-order valence-corrected chi connectivity index (χ1v) is 7.34. The van der Waals surface area contributed by atoms with E-state index in [2.05, 4.69) is 0 Å². The van der Waals surface area contributed by atoms with E-state index < -0.39 is 17.7 Å². The maximum Gasteiger partial charge on any atom is 0.410 e. The van der Waals surface area contributed by atoms with Crippen LogP contribution in [0.3, 0.4) is 0 Å². The predicted molar refractivity (Wildman–Crippen MR) is 85.2 cm³/mol. The zero-order valence-electron chi connectivity index (χ0n) is 14.2. The molecule has 1 amide bonds. The van der Waals surface area contributed by atoms with E-state index in [0.29, 0.717) is 6.61 Å². The van der Waals surface area contributed by atoms with E-state index in [1.54, 1.807) is 40.0 Å². The molecule has 0 aliphatic carbocycles. The molecule has 22 heavy (non-hydrogen) atoms. The van der Waals surface area contributed by atoms with Crippen LogP contribution in [-0.4, -0.2) is 36.5 Å². The Morgan fingerprint density at radius 1 is 1.36 bits per heavy atom. The van der Waals surface area contributed by atoms with Gasteiger partial charge in [-0.05, 0) is 57.9 Å². The van der Waals surface area contributed by atoms with Crippen LogP contribution in [0.5, 0.6) is 5.75 Å². The first kappa shape index (κ1) is 18.0. The summed E-state index contributed by atoms with van der Waals surface area (Å²) < 4.78 is 10.7. The third-order valence-corrected chi connectivity index (χ3v) is 3.10. The highest BCUT2D eigenvalue weighted by molar-refractivity contribution is 5.75. The molecule has 0 saturated heterocycles. The molecule has 0 spiro atoms. The zero-order chi connectivity index (χ0) is 16.9. The second kappa shape index (κ2) is 7.29. The van der Waals surface area contributed by atoms with Crippen molar-refractivity contribution in [1.82, 2.24) is 4.90 Å². The monoisotopic (exact) mass is 307 g/mol. The van der Waals surface area contributed by atoms with Crippen LogP contribution in [0.15, 0.2) is 18.2 Å². The summed E-state index contributed by atoms with van der Waals surface area (Å²) in [5, 5.41) is 0. The topological polar surface area (TPSA) is 55.8 Å². The third kappa shape index (κ3) is 4.76. The number of hydrogen-bond donors (Lipinski definition) is 0. The summed E-state index contributed by atoms with van der Waals surface area (Å²) in [6.45, 7) is 9.74. The summed E-state index contributed by atoms with van der Waals surface area (Å²) in [6.07, 6.45) is 0.213. The van der Waals surface area contributed by atoms with Gasteiger partial charge in [-0.15, -0.1) is 0 Å². The number of amides is 1. The Hall–Kier alpha value is -2.04. The average molecular weight is 307 g/mol. The van der Waals surface area contributed by atoms with E-state index >= 15 is 0 Å². The molecule has 0 N–H and O–H groups in total.